The maximum absolute atomic E-state index is 11.8. The Morgan fingerprint density at radius 2 is 2.05 bits per heavy atom. The Balaban J connectivity index is 2.00. The number of hydrogen-bond acceptors (Lipinski definition) is 2. The topological polar surface area (TPSA) is 40.1 Å². The number of fused-ring (bicyclic) bond motifs is 3. The minimum atomic E-state index is -0.838. The van der Waals surface area contributed by atoms with Crippen molar-refractivity contribution in [2.45, 2.75) is 66.2 Å². The first-order valence-electron chi connectivity index (χ1n) is 8.91. The van der Waals surface area contributed by atoms with E-state index in [1.165, 1.54) is 18.4 Å². The summed E-state index contributed by atoms with van der Waals surface area (Å²) >= 11 is 0. The van der Waals surface area contributed by atoms with Gasteiger partial charge in [-0.3, -0.25) is 0 Å². The van der Waals surface area contributed by atoms with E-state index in [1.54, 1.807) is 5.57 Å². The van der Waals surface area contributed by atoms with Crippen molar-refractivity contribution in [3.63, 3.8) is 0 Å². The highest BCUT2D eigenvalue weighted by Gasteiger charge is 2.54. The van der Waals surface area contributed by atoms with Gasteiger partial charge >= 0.3 is 0 Å². The van der Waals surface area contributed by atoms with Crippen LogP contribution in [0.2, 0.25) is 0 Å². The lowest BCUT2D eigenvalue weighted by atomic mass is 9.47. The SMILES string of the molecule is CC(C)C1=CC2=CC[C@H]3[C@](C)(CCC[C@]3(C)C(=O)[O-])[C@@H]2CC1. The van der Waals surface area contributed by atoms with Crippen LogP contribution >= 0.6 is 0 Å². The van der Waals surface area contributed by atoms with Gasteiger partial charge in [0.15, 0.2) is 0 Å². The molecule has 3 aliphatic rings. The molecule has 0 heterocycles. The molecular formula is C20H29O2-. The minimum absolute atomic E-state index is 0.121. The third-order valence-electron chi connectivity index (χ3n) is 7.05. The van der Waals surface area contributed by atoms with Crippen LogP contribution < -0.4 is 5.11 Å². The molecule has 0 bridgehead atoms. The Kier molecular flexibility index (Phi) is 3.78. The number of carbonyl (C=O) groups is 1. The third-order valence-corrected chi connectivity index (χ3v) is 7.05. The molecule has 1 fully saturated rings. The smallest absolute Gasteiger partial charge is 0.0476 e. The zero-order valence-electron chi connectivity index (χ0n) is 14.4. The summed E-state index contributed by atoms with van der Waals surface area (Å²) in [5.74, 6) is 0.538. The Morgan fingerprint density at radius 3 is 2.68 bits per heavy atom. The Morgan fingerprint density at radius 1 is 1.32 bits per heavy atom. The fourth-order valence-corrected chi connectivity index (χ4v) is 5.59. The van der Waals surface area contributed by atoms with Crippen LogP contribution in [0.5, 0.6) is 0 Å². The molecule has 0 aromatic rings. The Bertz CT molecular complexity index is 542. The zero-order chi connectivity index (χ0) is 16.1. The first-order chi connectivity index (χ1) is 10.3. The number of carboxylic acid groups (broad SMARTS) is 1. The van der Waals surface area contributed by atoms with Crippen LogP contribution in [0.25, 0.3) is 0 Å². The molecule has 0 aromatic heterocycles. The van der Waals surface area contributed by atoms with Gasteiger partial charge in [0, 0.05) is 11.4 Å². The van der Waals surface area contributed by atoms with Crippen LogP contribution in [-0.4, -0.2) is 5.97 Å². The lowest BCUT2D eigenvalue weighted by molar-refractivity contribution is -0.326. The zero-order valence-corrected chi connectivity index (χ0v) is 14.4. The number of hydrogen-bond donors (Lipinski definition) is 0. The van der Waals surface area contributed by atoms with Crippen LogP contribution in [0.15, 0.2) is 23.3 Å². The van der Waals surface area contributed by atoms with Gasteiger partial charge in [-0.25, -0.2) is 0 Å². The summed E-state index contributed by atoms with van der Waals surface area (Å²) in [4.78, 5) is 11.8. The summed E-state index contributed by atoms with van der Waals surface area (Å²) in [7, 11) is 0. The maximum Gasteiger partial charge on any atom is 0.0476 e. The molecule has 2 heteroatoms. The molecule has 0 unspecified atom stereocenters. The molecule has 2 nitrogen and oxygen atoms in total. The van der Waals surface area contributed by atoms with E-state index in [4.69, 9.17) is 0 Å². The van der Waals surface area contributed by atoms with Gasteiger partial charge in [0.1, 0.15) is 0 Å². The average Bonchev–Trinajstić information content (AvgIpc) is 2.46. The highest BCUT2D eigenvalue weighted by atomic mass is 16.4. The van der Waals surface area contributed by atoms with Crippen molar-refractivity contribution < 1.29 is 9.90 Å². The molecule has 4 atom stereocenters. The van der Waals surface area contributed by atoms with Crippen LogP contribution in [0.1, 0.15) is 66.2 Å². The molecule has 22 heavy (non-hydrogen) atoms. The number of carbonyl (C=O) groups excluding carboxylic acids is 1. The van der Waals surface area contributed by atoms with E-state index in [-0.39, 0.29) is 11.3 Å². The number of aliphatic carboxylic acids is 1. The van der Waals surface area contributed by atoms with Crippen molar-refractivity contribution >= 4 is 5.97 Å². The molecule has 0 aliphatic heterocycles. The molecular weight excluding hydrogens is 272 g/mol. The Labute approximate surface area is 134 Å². The third kappa shape index (κ3) is 2.18. The van der Waals surface area contributed by atoms with Crippen LogP contribution in [-0.2, 0) is 4.79 Å². The normalized spacial score (nSPS) is 41.3. The van der Waals surface area contributed by atoms with E-state index < -0.39 is 11.4 Å². The van der Waals surface area contributed by atoms with E-state index in [1.807, 2.05) is 6.92 Å². The van der Waals surface area contributed by atoms with Crippen molar-refractivity contribution in [2.24, 2.45) is 28.6 Å². The highest BCUT2D eigenvalue weighted by Crippen LogP contribution is 2.61. The van der Waals surface area contributed by atoms with Gasteiger partial charge < -0.3 is 9.90 Å². The first kappa shape index (κ1) is 15.8. The summed E-state index contributed by atoms with van der Waals surface area (Å²) in [5.41, 5.74) is 2.51. The summed E-state index contributed by atoms with van der Waals surface area (Å²) in [6, 6.07) is 0. The first-order valence-corrected chi connectivity index (χ1v) is 8.91. The number of allylic oxidation sites excluding steroid dienone is 4. The van der Waals surface area contributed by atoms with Gasteiger partial charge in [-0.1, -0.05) is 51.8 Å². The second-order valence-corrected chi connectivity index (χ2v) is 8.52. The van der Waals surface area contributed by atoms with E-state index in [2.05, 4.69) is 32.9 Å². The lowest BCUT2D eigenvalue weighted by Crippen LogP contribution is -2.56. The Hall–Kier alpha value is -1.05. The molecule has 0 aromatic carbocycles. The molecule has 0 radical (unpaired) electrons. The second-order valence-electron chi connectivity index (χ2n) is 8.52. The standard InChI is InChI=1S/C20H30O2/c1-13(2)14-6-8-16-15(12-14)7-9-17-19(16,3)10-5-11-20(17,4)18(21)22/h7,12-13,16-17H,5-6,8-11H2,1-4H3,(H,21,22)/p-1/t16-,17+,19-,20+/m1/s1. The number of carboxylic acids is 1. The minimum Gasteiger partial charge on any atom is -0.550 e. The van der Waals surface area contributed by atoms with Gasteiger partial charge in [-0.05, 0) is 60.8 Å². The van der Waals surface area contributed by atoms with Crippen LogP contribution in [0.3, 0.4) is 0 Å². The molecule has 0 N–H and O–H groups in total. The quantitative estimate of drug-likeness (QED) is 0.776. The molecule has 1 saturated carbocycles. The van der Waals surface area contributed by atoms with E-state index >= 15 is 0 Å². The van der Waals surface area contributed by atoms with E-state index in [0.717, 1.165) is 25.7 Å². The van der Waals surface area contributed by atoms with Crippen molar-refractivity contribution in [3.05, 3.63) is 23.3 Å². The predicted octanol–water partition coefficient (Wildman–Crippen LogP) is 3.87. The summed E-state index contributed by atoms with van der Waals surface area (Å²) < 4.78 is 0. The average molecular weight is 301 g/mol. The molecule has 0 saturated heterocycles. The van der Waals surface area contributed by atoms with Crippen molar-refractivity contribution in [1.82, 2.24) is 0 Å². The molecule has 3 rings (SSSR count). The molecule has 0 spiro atoms. The van der Waals surface area contributed by atoms with Gasteiger partial charge in [0.25, 0.3) is 0 Å². The summed E-state index contributed by atoms with van der Waals surface area (Å²) in [6.45, 7) is 8.83. The monoisotopic (exact) mass is 301 g/mol. The fraction of sp³-hybridized carbons (Fsp3) is 0.750. The summed E-state index contributed by atoms with van der Waals surface area (Å²) in [6.07, 6.45) is 11.0. The van der Waals surface area contributed by atoms with Gasteiger partial charge in [-0.15, -0.1) is 0 Å². The molecule has 122 valence electrons. The summed E-state index contributed by atoms with van der Waals surface area (Å²) in [5, 5.41) is 11.8. The van der Waals surface area contributed by atoms with E-state index in [0.29, 0.717) is 11.8 Å². The van der Waals surface area contributed by atoms with E-state index in [9.17, 15) is 9.90 Å². The van der Waals surface area contributed by atoms with Crippen LogP contribution in [0, 0.1) is 28.6 Å². The van der Waals surface area contributed by atoms with Crippen molar-refractivity contribution in [1.29, 1.82) is 0 Å². The molecule has 0 amide bonds. The lowest BCUT2D eigenvalue weighted by Gasteiger charge is -2.58. The largest absolute Gasteiger partial charge is 0.550 e. The van der Waals surface area contributed by atoms with Crippen molar-refractivity contribution in [3.8, 4) is 0 Å². The highest BCUT2D eigenvalue weighted by molar-refractivity contribution is 5.73. The maximum atomic E-state index is 11.8. The fourth-order valence-electron chi connectivity index (χ4n) is 5.59. The second kappa shape index (κ2) is 5.25. The number of rotatable bonds is 2. The van der Waals surface area contributed by atoms with Gasteiger partial charge in [-0.2, -0.15) is 0 Å². The van der Waals surface area contributed by atoms with Gasteiger partial charge in [0.05, 0.1) is 0 Å². The van der Waals surface area contributed by atoms with Crippen LogP contribution in [0.4, 0.5) is 0 Å². The molecule has 3 aliphatic carbocycles. The van der Waals surface area contributed by atoms with Gasteiger partial charge in [0.2, 0.25) is 0 Å². The predicted molar refractivity (Wildman–Crippen MR) is 86.9 cm³/mol. The van der Waals surface area contributed by atoms with Crippen molar-refractivity contribution in [2.75, 3.05) is 0 Å².